The zero-order chi connectivity index (χ0) is 51.0. The second-order valence-corrected chi connectivity index (χ2v) is 29.1. The van der Waals surface area contributed by atoms with E-state index in [1.165, 1.54) is 31.7 Å². The first-order valence-corrected chi connectivity index (χ1v) is 31.6. The minimum Gasteiger partial charge on any atom is -0.504 e. The van der Waals surface area contributed by atoms with Crippen molar-refractivity contribution >= 4 is 39.4 Å². The molecule has 0 aromatic heterocycles. The fraction of sp³-hybridized carbons (Fsp3) is 0.667. The number of amides is 1. The lowest BCUT2D eigenvalue weighted by atomic mass is 9.60. The minimum absolute atomic E-state index is 0.0686. The van der Waals surface area contributed by atoms with Crippen LogP contribution in [0.2, 0.25) is 0 Å². The third-order valence-electron chi connectivity index (χ3n) is 22.8. The van der Waals surface area contributed by atoms with Crippen molar-refractivity contribution < 1.29 is 29.3 Å². The summed E-state index contributed by atoms with van der Waals surface area (Å²) in [5.41, 5.74) is 8.98. The number of aliphatic hydroxyl groups excluding tert-OH is 1. The van der Waals surface area contributed by atoms with Gasteiger partial charge in [-0.3, -0.25) is 14.6 Å². The number of benzene rings is 2. The highest BCUT2D eigenvalue weighted by molar-refractivity contribution is 8.77. The Morgan fingerprint density at radius 2 is 1.84 bits per heavy atom. The number of aromatic hydroxyl groups is 1. The maximum absolute atomic E-state index is 15.3. The van der Waals surface area contributed by atoms with E-state index < -0.39 is 28.1 Å². The number of allylic oxidation sites excluding steroid dienone is 2. The molecule has 0 unspecified atom stereocenters. The molecule has 7 fully saturated rings. The molecule has 2 aromatic rings. The van der Waals surface area contributed by atoms with Crippen LogP contribution in [-0.4, -0.2) is 73.5 Å². The molecule has 10 nitrogen and oxygen atoms in total. The van der Waals surface area contributed by atoms with Gasteiger partial charge in [-0.05, 0) is 181 Å². The molecule has 398 valence electrons. The van der Waals surface area contributed by atoms with Crippen molar-refractivity contribution in [3.8, 4) is 23.3 Å². The number of fused-ring (bicyclic) bond motifs is 2. The normalized spacial score (nSPS) is 44.2. The first kappa shape index (κ1) is 49.3. The Morgan fingerprint density at radius 3 is 2.71 bits per heavy atom. The summed E-state index contributed by atoms with van der Waals surface area (Å²) in [6.07, 6.45) is 29.4. The first-order valence-electron chi connectivity index (χ1n) is 29.4. The number of nitrogens with one attached hydrogen (secondary N) is 1. The molecule has 12 heteroatoms. The summed E-state index contributed by atoms with van der Waals surface area (Å²) in [5, 5.41) is 29.6. The van der Waals surface area contributed by atoms with Crippen molar-refractivity contribution in [2.75, 3.05) is 13.1 Å². The molecular weight excluding hydrogens is 973 g/mol. The number of aliphatic imine (C=N–C) groups is 1. The van der Waals surface area contributed by atoms with E-state index >= 15 is 4.79 Å². The van der Waals surface area contributed by atoms with Crippen LogP contribution in [0.3, 0.4) is 0 Å². The maximum atomic E-state index is 15.3. The fourth-order valence-corrected chi connectivity index (χ4v) is 23.3. The number of nitrogens with two attached hydrogens (primary N) is 1. The number of hydrogen-bond donors (Lipinski definition) is 4. The van der Waals surface area contributed by atoms with Gasteiger partial charge in [-0.1, -0.05) is 76.1 Å². The summed E-state index contributed by atoms with van der Waals surface area (Å²) < 4.78 is 13.7. The number of carbonyl (C=O) groups is 2. The molecule has 18 rings (SSSR count). The molecule has 8 aliphatic carbocycles. The number of ether oxygens (including phenoxy) is 2. The third-order valence-corrected chi connectivity index (χ3v) is 26.5. The van der Waals surface area contributed by atoms with Crippen molar-refractivity contribution in [2.24, 2.45) is 62.5 Å². The van der Waals surface area contributed by atoms with Crippen LogP contribution in [0.1, 0.15) is 176 Å². The van der Waals surface area contributed by atoms with Gasteiger partial charge >= 0.3 is 5.97 Å². The van der Waals surface area contributed by atoms with Crippen LogP contribution in [-0.2, 0) is 27.3 Å². The number of aryl methyl sites for hydroxylation is 1. The van der Waals surface area contributed by atoms with Crippen LogP contribution in [0, 0.1) is 63.6 Å². The van der Waals surface area contributed by atoms with Crippen LogP contribution in [0.25, 0.3) is 0 Å². The number of phenols is 1. The molecular formula is C63H78N4O6S2. The average Bonchev–Trinajstić information content (AvgIpc) is 4.25. The molecule has 0 radical (unpaired) electrons. The largest absolute Gasteiger partial charge is 0.504 e. The summed E-state index contributed by atoms with van der Waals surface area (Å²) in [4.78, 5) is 35.6. The molecule has 8 heterocycles. The average molecular weight is 1050 g/mol. The zero-order valence-corrected chi connectivity index (χ0v) is 45.7. The molecule has 5 N–H and O–H groups in total. The van der Waals surface area contributed by atoms with E-state index in [-0.39, 0.29) is 52.2 Å². The Balaban J connectivity index is 0.901. The van der Waals surface area contributed by atoms with E-state index in [1.54, 1.807) is 0 Å². The van der Waals surface area contributed by atoms with Gasteiger partial charge in [0.05, 0.1) is 18.1 Å². The minimum atomic E-state index is -0.822. The number of aliphatic hydroxyl groups is 1. The highest BCUT2D eigenvalue weighted by Crippen LogP contribution is 2.68. The second kappa shape index (κ2) is 18.3. The number of rotatable bonds is 2. The lowest BCUT2D eigenvalue weighted by Crippen LogP contribution is -2.56. The molecule has 1 saturated heterocycles. The number of hydrogen-bond acceptors (Lipinski definition) is 11. The fourth-order valence-electron chi connectivity index (χ4n) is 19.2. The van der Waals surface area contributed by atoms with E-state index in [2.05, 4.69) is 99.4 Å². The standard InChI is InChI=1S/C63H78N4O6S2/c1-39(68)72-60-27-17-44-31-46(55(71)56-54(44)45-18-29-62(73-56)23-6-11-47(62)32-45)36-67-38-61(35-53(67)70)50(41-9-3-2-4-10-41)20-26-59(61)21-5-8-40-16-25-58(33-40)22-7-24-63(58,66-57(64)65-37-59)75-74-52-15-13-42-30-43(52)12-14-48(42)49(19-28-60)51(69)34-60/h2-4,9-10,13,15,18,29,31,40,42-43,45,47-52,69,71H,6-8,11-12,14,16-17,19-20,22-28,30,32-38H2,1H3,(H3,64,65,66)/t40-,42-,43-,45-,47+,48-,49+,50+,51+,52-,58+,59-,60-,61-,62+,63+/m0/s1. The van der Waals surface area contributed by atoms with Gasteiger partial charge in [-0.25, -0.2) is 0 Å². The maximum Gasteiger partial charge on any atom is 0.303 e. The van der Waals surface area contributed by atoms with Crippen molar-refractivity contribution in [3.05, 3.63) is 83.0 Å². The quantitative estimate of drug-likeness (QED) is 0.0992. The van der Waals surface area contributed by atoms with Gasteiger partial charge < -0.3 is 35.6 Å². The van der Waals surface area contributed by atoms with Gasteiger partial charge in [-0.15, -0.1) is 5.92 Å². The van der Waals surface area contributed by atoms with E-state index in [0.29, 0.717) is 97.3 Å². The van der Waals surface area contributed by atoms with Crippen LogP contribution in [0.15, 0.2) is 65.7 Å². The summed E-state index contributed by atoms with van der Waals surface area (Å²) >= 11 is 0. The van der Waals surface area contributed by atoms with Crippen molar-refractivity contribution in [3.63, 3.8) is 0 Å². The molecule has 16 aliphatic rings. The Hall–Kier alpha value is -4.05. The summed E-state index contributed by atoms with van der Waals surface area (Å²) in [7, 11) is 4.14. The number of phenolic OH excluding ortho intramolecular Hbond substituents is 1. The van der Waals surface area contributed by atoms with E-state index in [4.69, 9.17) is 20.2 Å². The summed E-state index contributed by atoms with van der Waals surface area (Å²) in [6, 6.07) is 13.0. The van der Waals surface area contributed by atoms with Crippen LogP contribution < -0.4 is 15.8 Å². The molecule has 2 aromatic carbocycles. The Bertz CT molecular complexity index is 2810. The lowest BCUT2D eigenvalue weighted by molar-refractivity contribution is -0.171. The lowest BCUT2D eigenvalue weighted by Gasteiger charge is -2.50. The van der Waals surface area contributed by atoms with Gasteiger partial charge in [0, 0.05) is 78.3 Å². The topological polar surface area (TPSA) is 147 Å². The monoisotopic (exact) mass is 1050 g/mol. The van der Waals surface area contributed by atoms with Gasteiger partial charge in [0.1, 0.15) is 16.1 Å². The predicted octanol–water partition coefficient (Wildman–Crippen LogP) is 11.4. The molecule has 5 spiro atoms. The van der Waals surface area contributed by atoms with Gasteiger partial charge in [-0.2, -0.15) is 0 Å². The Labute approximate surface area is 452 Å². The molecule has 16 atom stereocenters. The van der Waals surface area contributed by atoms with Crippen molar-refractivity contribution in [1.29, 1.82) is 0 Å². The van der Waals surface area contributed by atoms with Crippen molar-refractivity contribution in [2.45, 2.75) is 194 Å². The molecule has 6 saturated carbocycles. The molecule has 1 amide bonds. The van der Waals surface area contributed by atoms with Crippen LogP contribution >= 0.6 is 21.6 Å². The van der Waals surface area contributed by atoms with E-state index in [9.17, 15) is 15.0 Å². The number of guanidine groups is 1. The molecule has 75 heavy (non-hydrogen) atoms. The number of nitrogens with zero attached hydrogens (tertiary/aromatic N) is 2. The van der Waals surface area contributed by atoms with Crippen molar-refractivity contribution in [1.82, 2.24) is 10.2 Å². The smallest absolute Gasteiger partial charge is 0.303 e. The second-order valence-electron chi connectivity index (χ2n) is 26.4. The van der Waals surface area contributed by atoms with Gasteiger partial charge in [0.15, 0.2) is 17.5 Å². The Kier molecular flexibility index (Phi) is 12.0. The molecule has 8 aliphatic heterocycles. The first-order chi connectivity index (χ1) is 36.3. The van der Waals surface area contributed by atoms with Crippen LogP contribution in [0.5, 0.6) is 11.5 Å². The number of carbonyl (C=O) groups excluding carboxylic acids is 2. The van der Waals surface area contributed by atoms with E-state index in [1.807, 2.05) is 4.90 Å². The van der Waals surface area contributed by atoms with Gasteiger partial charge in [0.25, 0.3) is 0 Å². The third kappa shape index (κ3) is 7.84. The predicted molar refractivity (Wildman–Crippen MR) is 296 cm³/mol. The zero-order valence-electron chi connectivity index (χ0n) is 44.0. The summed E-state index contributed by atoms with van der Waals surface area (Å²) in [6.45, 7) is 2.66. The van der Waals surface area contributed by atoms with Crippen LogP contribution in [0.4, 0.5) is 0 Å². The summed E-state index contributed by atoms with van der Waals surface area (Å²) in [5.74, 6) is 11.4. The SMILES string of the molecule is CC(=O)O[C@@]12CCc3cc(c(O)c4c3[C@H]3C=C[C@@]5(CCC[C@@H]5C3)O4)CN3C[C@@]4(CC3=O)[C@@H](c3ccccc3)CC[C@]43C#CC[C@H]4CC[C@]5(CCC[C@@]5(NC(N)=NC3)SS[C@H]3C=C[C@H]5C[C@@H]3CC[C@@H]5[C@@H](CC1)[C@H](O)C2)C4. The number of esters is 1. The highest BCUT2D eigenvalue weighted by Gasteiger charge is 2.65. The Morgan fingerprint density at radius 1 is 0.947 bits per heavy atom. The highest BCUT2D eigenvalue weighted by atomic mass is 33.1. The van der Waals surface area contributed by atoms with Gasteiger partial charge in [0.2, 0.25) is 5.91 Å². The molecule has 16 bridgehead atoms. The van der Waals surface area contributed by atoms with E-state index in [0.717, 1.165) is 101 Å².